The Hall–Kier alpha value is -11.8. The first kappa shape index (κ1) is 88.1. The molecule has 3 amide bonds. The molecule has 0 bridgehead atoms. The second-order valence-corrected chi connectivity index (χ2v) is 39.6. The third kappa shape index (κ3) is 18.6. The molecule has 6 unspecified atom stereocenters. The van der Waals surface area contributed by atoms with Crippen molar-refractivity contribution in [3.63, 3.8) is 0 Å². The number of amides is 3. The number of carboxylic acids is 1. The fourth-order valence-corrected chi connectivity index (χ4v) is 22.9. The van der Waals surface area contributed by atoms with E-state index in [0.717, 1.165) is 152 Å². The lowest BCUT2D eigenvalue weighted by Gasteiger charge is -2.29. The topological polar surface area (TPSA) is 290 Å². The number of nitrogens with two attached hydrogens (primary N) is 1. The van der Waals surface area contributed by atoms with Crippen molar-refractivity contribution < 1.29 is 33.1 Å². The number of fused-ring (bicyclic) bond motifs is 19. The van der Waals surface area contributed by atoms with Gasteiger partial charge in [0.1, 0.15) is 5.58 Å². The van der Waals surface area contributed by atoms with Gasteiger partial charge in [-0.1, -0.05) is 94.4 Å². The standard InChI is InChI=1S/C21H17BrN2O2.C19H26BrN3.C17H15BrN2O2.C17H17N3O.C17H16N2O2.C16H15BrN2/c22-13-8-9-16-15(11-13)14-5-3-6-17(20(14)23-16)24-21(25)19-10-12-4-1-2-7-18(12)26-19;20-14-7-8-17-16(13-14)15-5-4-6-18(19(15)22-17)21-9-12-23-10-2-1-3-11-23;18-10-6-7-13-12(9-10)11-3-1-4-14(16(11)19-13)20-17(21)15-5-2-8-22-15;18-17(21)11-6-7-14-13(10-11)12-4-3-5-15(16(12)19-14)20-8-1-2-9-20;20-17(21)11-6-7-14-13(10-11)12-4-3-5-15(16(12)18-14)19-8-1-2-9-19;17-11-6-7-12-13-4-3-5-15(19-8-1-2-9-19)16(13)18-14(12)10-11/h1-2,4,7-11,17,23H,3,5-6H2,(H,24,25);7-8,13,18,21-22H,1-6,9-12H2;2,5-9,14,19H,1,3-4H2,(H,20,21);1-2,6-10,15,19H,3-5H2,(H2,18,21);1-2,6-10,15,18H,3-5H2,(H,20,21);1-2,6-10,15,18H,3-5H2. The Bertz CT molecular complexity index is 7030. The van der Waals surface area contributed by atoms with Gasteiger partial charge in [-0.3, -0.25) is 14.4 Å². The molecular formula is C107H106Br4N14O7. The number of furan rings is 2. The van der Waals surface area contributed by atoms with Gasteiger partial charge in [-0.2, -0.15) is 0 Å². The molecule has 7 aliphatic rings. The van der Waals surface area contributed by atoms with Gasteiger partial charge < -0.3 is 84.1 Å². The molecule has 11 aromatic heterocycles. The summed E-state index contributed by atoms with van der Waals surface area (Å²) in [6.45, 7) is 4.87. The average molecular weight is 2020 g/mol. The third-order valence-electron chi connectivity index (χ3n) is 27.8. The first-order valence-electron chi connectivity index (χ1n) is 46.5. The minimum Gasteiger partial charge on any atom is -0.478 e. The summed E-state index contributed by atoms with van der Waals surface area (Å²) in [5, 5.41) is 27.6. The highest BCUT2D eigenvalue weighted by molar-refractivity contribution is 9.11. The first-order chi connectivity index (χ1) is 64.5. The number of benzene rings is 7. The van der Waals surface area contributed by atoms with Crippen LogP contribution in [0, 0.1) is 0 Å². The summed E-state index contributed by atoms with van der Waals surface area (Å²) in [7, 11) is 0. The fourth-order valence-electron chi connectivity index (χ4n) is 21.5. The highest BCUT2D eigenvalue weighted by Gasteiger charge is 2.33. The van der Waals surface area contributed by atoms with Gasteiger partial charge in [-0.05, 0) is 339 Å². The Morgan fingerprint density at radius 3 is 1.24 bits per heavy atom. The summed E-state index contributed by atoms with van der Waals surface area (Å²) in [4.78, 5) is 71.5. The molecule has 25 heteroatoms. The lowest BCUT2D eigenvalue weighted by atomic mass is 9.91. The molecule has 12 N–H and O–H groups in total. The smallest absolute Gasteiger partial charge is 0.335 e. The minimum absolute atomic E-state index is 0.00697. The van der Waals surface area contributed by atoms with Crippen LogP contribution < -0.4 is 21.7 Å². The molecule has 132 heavy (non-hydrogen) atoms. The molecule has 6 atom stereocenters. The van der Waals surface area contributed by atoms with Crippen LogP contribution in [0.2, 0.25) is 0 Å². The fraction of sp³-hybridized carbons (Fsp3) is 0.290. The maximum atomic E-state index is 12.7. The number of carboxylic acid groups (broad SMARTS) is 1. The zero-order valence-corrected chi connectivity index (χ0v) is 79.7. The molecule has 0 saturated carbocycles. The number of hydrogen-bond donors (Lipinski definition) is 11. The van der Waals surface area contributed by atoms with Crippen molar-refractivity contribution in [2.75, 3.05) is 26.2 Å². The second-order valence-electron chi connectivity index (χ2n) is 35.9. The quantitative estimate of drug-likeness (QED) is 0.0522. The van der Waals surface area contributed by atoms with E-state index in [0.29, 0.717) is 46.8 Å². The summed E-state index contributed by atoms with van der Waals surface area (Å²) in [6.07, 6.45) is 38.5. The Labute approximate surface area is 797 Å². The number of carbonyl (C=O) groups is 4. The number of rotatable bonds is 13. The molecule has 674 valence electrons. The largest absolute Gasteiger partial charge is 0.478 e. The van der Waals surface area contributed by atoms with Crippen LogP contribution in [-0.4, -0.2) is 103 Å². The second kappa shape index (κ2) is 39.1. The molecule has 0 spiro atoms. The van der Waals surface area contributed by atoms with Crippen LogP contribution >= 0.6 is 63.7 Å². The van der Waals surface area contributed by atoms with Crippen LogP contribution in [0.25, 0.3) is 76.4 Å². The van der Waals surface area contributed by atoms with E-state index in [-0.39, 0.29) is 29.8 Å². The number of aryl methyl sites for hydroxylation is 6. The number of aromatic nitrogens is 9. The summed E-state index contributed by atoms with van der Waals surface area (Å²) in [5.74, 6) is -0.862. The molecule has 6 aliphatic carbocycles. The van der Waals surface area contributed by atoms with E-state index in [1.54, 1.807) is 36.4 Å². The van der Waals surface area contributed by atoms with Gasteiger partial charge in [0, 0.05) is 185 Å². The maximum absolute atomic E-state index is 12.7. The molecule has 7 aromatic carbocycles. The van der Waals surface area contributed by atoms with Crippen molar-refractivity contribution in [3.8, 4) is 0 Å². The SMILES string of the molecule is Brc1ccc2[nH]c3c(c2c1)CCCC3NCCN1CCCCC1.Brc1ccc2c3c([nH]c2c1)C(n1cccc1)CCC3.NC(=O)c1ccc2[nH]c3c(c2c1)CCCC3n1cccc1.O=C(NC1CCCc2c1[nH]c1ccc(Br)cc21)c1cc2ccccc2o1.O=C(NC1CCCc2c1[nH]c1ccc(Br)cc21)c1ccco1.O=C(O)c1ccc2[nH]c3c(c2c1)CCCC3n1cccc1. The Kier molecular flexibility index (Phi) is 26.1. The van der Waals surface area contributed by atoms with Crippen molar-refractivity contribution in [2.45, 2.75) is 171 Å². The van der Waals surface area contributed by atoms with Gasteiger partial charge in [0.05, 0.1) is 42.0 Å². The normalized spacial score (nSPS) is 18.5. The number of halogens is 4. The summed E-state index contributed by atoms with van der Waals surface area (Å²) >= 11 is 14.2. The summed E-state index contributed by atoms with van der Waals surface area (Å²) in [6, 6.07) is 63.6. The van der Waals surface area contributed by atoms with E-state index in [1.165, 1.54) is 177 Å². The van der Waals surface area contributed by atoms with Crippen LogP contribution in [0.3, 0.4) is 0 Å². The number of nitrogens with zero attached hydrogens (tertiary/aromatic N) is 4. The highest BCUT2D eigenvalue weighted by atomic mass is 79.9. The number of nitrogens with one attached hydrogen (secondary N) is 9. The lowest BCUT2D eigenvalue weighted by Crippen LogP contribution is -2.37. The number of likely N-dealkylation sites (tertiary alicyclic amines) is 1. The highest BCUT2D eigenvalue weighted by Crippen LogP contribution is 2.44. The van der Waals surface area contributed by atoms with Crippen LogP contribution in [0.1, 0.15) is 242 Å². The van der Waals surface area contributed by atoms with Gasteiger partial charge in [0.25, 0.3) is 11.8 Å². The van der Waals surface area contributed by atoms with Gasteiger partial charge >= 0.3 is 5.97 Å². The van der Waals surface area contributed by atoms with Gasteiger partial charge in [0.2, 0.25) is 5.91 Å². The van der Waals surface area contributed by atoms with Gasteiger partial charge in [-0.15, -0.1) is 0 Å². The summed E-state index contributed by atoms with van der Waals surface area (Å²) < 4.78 is 22.1. The minimum atomic E-state index is -0.871. The molecule has 1 saturated heterocycles. The first-order valence-corrected chi connectivity index (χ1v) is 49.7. The number of para-hydroxylation sites is 1. The van der Waals surface area contributed by atoms with E-state index < -0.39 is 5.97 Å². The van der Waals surface area contributed by atoms with E-state index in [1.807, 2.05) is 66.7 Å². The van der Waals surface area contributed by atoms with E-state index in [2.05, 4.69) is 250 Å². The van der Waals surface area contributed by atoms with Crippen LogP contribution in [-0.2, 0) is 38.5 Å². The average Bonchev–Trinajstić information content (AvgIpc) is 1.73. The maximum Gasteiger partial charge on any atom is 0.335 e. The van der Waals surface area contributed by atoms with E-state index in [9.17, 15) is 24.3 Å². The van der Waals surface area contributed by atoms with E-state index >= 15 is 0 Å². The van der Waals surface area contributed by atoms with Gasteiger partial charge in [-0.25, -0.2) is 4.79 Å². The number of aromatic carboxylic acids is 1. The summed E-state index contributed by atoms with van der Waals surface area (Å²) in [5.41, 5.74) is 29.8. The van der Waals surface area contributed by atoms with Crippen LogP contribution in [0.15, 0.2) is 258 Å². The van der Waals surface area contributed by atoms with E-state index in [4.69, 9.17) is 14.6 Å². The molecule has 21 nitrogen and oxygen atoms in total. The number of H-pyrrole nitrogens is 6. The van der Waals surface area contributed by atoms with Crippen molar-refractivity contribution >= 4 is 164 Å². The number of primary amides is 1. The Balaban J connectivity index is 0.0000000989. The van der Waals surface area contributed by atoms with Crippen LogP contribution in [0.5, 0.6) is 0 Å². The molecular weight excluding hydrogens is 1910 g/mol. The van der Waals surface area contributed by atoms with Gasteiger partial charge in [0.15, 0.2) is 11.5 Å². The number of piperidine rings is 1. The Morgan fingerprint density at radius 2 is 0.773 bits per heavy atom. The molecule has 1 fully saturated rings. The van der Waals surface area contributed by atoms with Crippen molar-refractivity contribution in [3.05, 3.63) is 340 Å². The lowest BCUT2D eigenvalue weighted by molar-refractivity contribution is 0.0696. The zero-order valence-electron chi connectivity index (χ0n) is 73.4. The van der Waals surface area contributed by atoms with Crippen molar-refractivity contribution in [1.82, 2.24) is 64.5 Å². The molecule has 18 aromatic rings. The van der Waals surface area contributed by atoms with Crippen molar-refractivity contribution in [1.29, 1.82) is 0 Å². The molecule has 0 radical (unpaired) electrons. The van der Waals surface area contributed by atoms with Crippen molar-refractivity contribution in [2.24, 2.45) is 5.73 Å². The predicted octanol–water partition coefficient (Wildman–Crippen LogP) is 25.4. The zero-order chi connectivity index (χ0) is 90.0. The number of carbonyl (C=O) groups excluding carboxylic acids is 3. The third-order valence-corrected chi connectivity index (χ3v) is 29.7. The monoisotopic (exact) mass is 2010 g/mol. The van der Waals surface area contributed by atoms with Crippen LogP contribution in [0.4, 0.5) is 0 Å². The molecule has 1 aliphatic heterocycles. The Morgan fingerprint density at radius 1 is 0.379 bits per heavy atom. The molecule has 25 rings (SSSR count). The number of aromatic amines is 6. The predicted molar refractivity (Wildman–Crippen MR) is 538 cm³/mol. The molecule has 12 heterocycles. The number of hydrogen-bond acceptors (Lipinski definition) is 8.